The summed E-state index contributed by atoms with van der Waals surface area (Å²) in [6.45, 7) is 0. The van der Waals surface area contributed by atoms with Crippen LogP contribution in [0.1, 0.15) is 0 Å². The number of methoxy groups -OCH3 is 2. The molecule has 0 aliphatic rings. The Morgan fingerprint density at radius 1 is 1.18 bits per heavy atom. The van der Waals surface area contributed by atoms with Crippen LogP contribution < -0.4 is 14.8 Å². The fourth-order valence-electron chi connectivity index (χ4n) is 1.79. The van der Waals surface area contributed by atoms with Crippen LogP contribution >= 0.6 is 23.4 Å². The summed E-state index contributed by atoms with van der Waals surface area (Å²) in [5, 5.41) is 3.46. The van der Waals surface area contributed by atoms with E-state index in [2.05, 4.69) is 5.32 Å². The second-order valence-corrected chi connectivity index (χ2v) is 5.76. The first-order valence-corrected chi connectivity index (χ1v) is 7.89. The average Bonchev–Trinajstić information content (AvgIpc) is 2.54. The van der Waals surface area contributed by atoms with Gasteiger partial charge in [0.25, 0.3) is 0 Å². The highest BCUT2D eigenvalue weighted by Crippen LogP contribution is 2.30. The highest BCUT2D eigenvalue weighted by Gasteiger charge is 2.10. The first-order chi connectivity index (χ1) is 10.6. The molecule has 0 heterocycles. The van der Waals surface area contributed by atoms with Crippen LogP contribution in [0.5, 0.6) is 11.5 Å². The minimum Gasteiger partial charge on any atom is -0.497 e. The highest BCUT2D eigenvalue weighted by molar-refractivity contribution is 8.00. The second kappa shape index (κ2) is 7.96. The van der Waals surface area contributed by atoms with E-state index in [-0.39, 0.29) is 11.7 Å². The summed E-state index contributed by atoms with van der Waals surface area (Å²) in [7, 11) is 3.12. The number of thioether (sulfide) groups is 1. The van der Waals surface area contributed by atoms with Crippen LogP contribution in [-0.4, -0.2) is 25.9 Å². The molecule has 0 saturated heterocycles. The SMILES string of the molecule is COc1ccc(NC(=O)CSc2ccccc2Cl)c(OC)c1. The Hall–Kier alpha value is -1.85. The molecular weight excluding hydrogens is 322 g/mol. The van der Waals surface area contributed by atoms with Gasteiger partial charge in [0.2, 0.25) is 5.91 Å². The summed E-state index contributed by atoms with van der Waals surface area (Å²) < 4.78 is 10.4. The van der Waals surface area contributed by atoms with E-state index in [0.29, 0.717) is 22.2 Å². The summed E-state index contributed by atoms with van der Waals surface area (Å²) in [5.41, 5.74) is 0.605. The number of anilines is 1. The minimum atomic E-state index is -0.131. The number of carbonyl (C=O) groups excluding carboxylic acids is 1. The third-order valence-corrected chi connectivity index (χ3v) is 4.39. The van der Waals surface area contributed by atoms with Crippen molar-refractivity contribution in [3.63, 3.8) is 0 Å². The van der Waals surface area contributed by atoms with E-state index in [4.69, 9.17) is 21.1 Å². The lowest BCUT2D eigenvalue weighted by Gasteiger charge is -2.11. The number of rotatable bonds is 6. The minimum absolute atomic E-state index is 0.131. The van der Waals surface area contributed by atoms with Crippen molar-refractivity contribution < 1.29 is 14.3 Å². The first-order valence-electron chi connectivity index (χ1n) is 6.53. The first kappa shape index (κ1) is 16.5. The van der Waals surface area contributed by atoms with Crippen LogP contribution in [0.2, 0.25) is 5.02 Å². The topological polar surface area (TPSA) is 47.6 Å². The number of ether oxygens (including phenoxy) is 2. The predicted octanol–water partition coefficient (Wildman–Crippen LogP) is 4.09. The standard InChI is InChI=1S/C16H16ClNO3S/c1-20-11-7-8-13(14(9-11)21-2)18-16(19)10-22-15-6-4-3-5-12(15)17/h3-9H,10H2,1-2H3,(H,18,19). The van der Waals surface area contributed by atoms with Crippen LogP contribution in [0.3, 0.4) is 0 Å². The van der Waals surface area contributed by atoms with Crippen LogP contribution in [0.25, 0.3) is 0 Å². The lowest BCUT2D eigenvalue weighted by Crippen LogP contribution is -2.14. The van der Waals surface area contributed by atoms with Crippen LogP contribution in [0, 0.1) is 0 Å². The van der Waals surface area contributed by atoms with E-state index in [0.717, 1.165) is 4.90 Å². The molecule has 2 aromatic carbocycles. The molecule has 116 valence electrons. The van der Waals surface area contributed by atoms with Gasteiger partial charge in [-0.1, -0.05) is 23.7 Å². The molecule has 22 heavy (non-hydrogen) atoms. The molecule has 2 rings (SSSR count). The number of benzene rings is 2. The maximum Gasteiger partial charge on any atom is 0.234 e. The van der Waals surface area contributed by atoms with Gasteiger partial charge in [-0.2, -0.15) is 0 Å². The van der Waals surface area contributed by atoms with Crippen LogP contribution in [-0.2, 0) is 4.79 Å². The summed E-state index contributed by atoms with van der Waals surface area (Å²) in [6, 6.07) is 12.7. The molecule has 0 bridgehead atoms. The van der Waals surface area contributed by atoms with Crippen molar-refractivity contribution >= 4 is 35.0 Å². The molecule has 2 aromatic rings. The third kappa shape index (κ3) is 4.32. The smallest absolute Gasteiger partial charge is 0.234 e. The normalized spacial score (nSPS) is 10.1. The van der Waals surface area contributed by atoms with E-state index in [1.54, 1.807) is 38.5 Å². The Kier molecular flexibility index (Phi) is 5.98. The van der Waals surface area contributed by atoms with Gasteiger partial charge in [-0.3, -0.25) is 4.79 Å². The van der Waals surface area contributed by atoms with Crippen molar-refractivity contribution in [1.29, 1.82) is 0 Å². The molecule has 0 unspecified atom stereocenters. The molecule has 0 aliphatic heterocycles. The summed E-state index contributed by atoms with van der Waals surface area (Å²) in [6.07, 6.45) is 0. The quantitative estimate of drug-likeness (QED) is 0.806. The molecule has 0 spiro atoms. The van der Waals surface area contributed by atoms with Crippen molar-refractivity contribution in [2.24, 2.45) is 0 Å². The van der Waals surface area contributed by atoms with E-state index in [1.807, 2.05) is 18.2 Å². The summed E-state index contributed by atoms with van der Waals surface area (Å²) in [5.74, 6) is 1.35. The van der Waals surface area contributed by atoms with Gasteiger partial charge >= 0.3 is 0 Å². The van der Waals surface area contributed by atoms with E-state index >= 15 is 0 Å². The Labute approximate surface area is 138 Å². The molecule has 4 nitrogen and oxygen atoms in total. The molecule has 1 N–H and O–H groups in total. The molecule has 0 aromatic heterocycles. The molecule has 0 radical (unpaired) electrons. The Morgan fingerprint density at radius 3 is 2.64 bits per heavy atom. The fraction of sp³-hybridized carbons (Fsp3) is 0.188. The highest BCUT2D eigenvalue weighted by atomic mass is 35.5. The average molecular weight is 338 g/mol. The van der Waals surface area contributed by atoms with Gasteiger partial charge in [0.1, 0.15) is 11.5 Å². The van der Waals surface area contributed by atoms with Gasteiger partial charge < -0.3 is 14.8 Å². The number of hydrogen-bond acceptors (Lipinski definition) is 4. The maximum absolute atomic E-state index is 12.1. The molecule has 0 atom stereocenters. The van der Waals surface area contributed by atoms with Gasteiger partial charge in [0.15, 0.2) is 0 Å². The van der Waals surface area contributed by atoms with Crippen molar-refractivity contribution in [1.82, 2.24) is 0 Å². The van der Waals surface area contributed by atoms with Crippen LogP contribution in [0.15, 0.2) is 47.4 Å². The molecule has 0 aliphatic carbocycles. The van der Waals surface area contributed by atoms with E-state index in [1.165, 1.54) is 11.8 Å². The molecule has 0 saturated carbocycles. The van der Waals surface area contributed by atoms with E-state index < -0.39 is 0 Å². The monoisotopic (exact) mass is 337 g/mol. The lowest BCUT2D eigenvalue weighted by atomic mass is 10.2. The summed E-state index contributed by atoms with van der Waals surface area (Å²) >= 11 is 7.45. The zero-order valence-corrected chi connectivity index (χ0v) is 13.8. The fourth-order valence-corrected chi connectivity index (χ4v) is 2.83. The molecule has 6 heteroatoms. The maximum atomic E-state index is 12.1. The number of halogens is 1. The van der Waals surface area contributed by atoms with Gasteiger partial charge in [0, 0.05) is 11.0 Å². The Bertz CT molecular complexity index is 664. The molecule has 0 fully saturated rings. The molecular formula is C16H16ClNO3S. The number of nitrogens with one attached hydrogen (secondary N) is 1. The predicted molar refractivity (Wildman–Crippen MR) is 90.4 cm³/mol. The number of amides is 1. The van der Waals surface area contributed by atoms with Gasteiger partial charge in [-0.05, 0) is 24.3 Å². The van der Waals surface area contributed by atoms with Gasteiger partial charge in [0.05, 0.1) is 30.7 Å². The zero-order chi connectivity index (χ0) is 15.9. The van der Waals surface area contributed by atoms with Gasteiger partial charge in [-0.25, -0.2) is 0 Å². The van der Waals surface area contributed by atoms with Gasteiger partial charge in [-0.15, -0.1) is 11.8 Å². The van der Waals surface area contributed by atoms with Crippen molar-refractivity contribution in [3.8, 4) is 11.5 Å². The third-order valence-electron chi connectivity index (χ3n) is 2.88. The lowest BCUT2D eigenvalue weighted by molar-refractivity contribution is -0.113. The van der Waals surface area contributed by atoms with Crippen molar-refractivity contribution in [2.45, 2.75) is 4.90 Å². The number of hydrogen-bond donors (Lipinski definition) is 1. The second-order valence-electron chi connectivity index (χ2n) is 4.33. The Balaban J connectivity index is 1.99. The zero-order valence-electron chi connectivity index (χ0n) is 12.3. The molecule has 1 amide bonds. The van der Waals surface area contributed by atoms with Crippen molar-refractivity contribution in [2.75, 3.05) is 25.3 Å². The Morgan fingerprint density at radius 2 is 1.95 bits per heavy atom. The number of carbonyl (C=O) groups is 1. The van der Waals surface area contributed by atoms with Crippen molar-refractivity contribution in [3.05, 3.63) is 47.5 Å². The van der Waals surface area contributed by atoms with E-state index in [9.17, 15) is 4.79 Å². The summed E-state index contributed by atoms with van der Waals surface area (Å²) in [4.78, 5) is 12.9. The van der Waals surface area contributed by atoms with Crippen LogP contribution in [0.4, 0.5) is 5.69 Å². The largest absolute Gasteiger partial charge is 0.497 e.